The highest BCUT2D eigenvalue weighted by Gasteiger charge is 2.18. The first kappa shape index (κ1) is 14.6. The largest absolute Gasteiger partial charge is 0.404 e. The number of rotatable bonds is 6. The van der Waals surface area contributed by atoms with E-state index in [-0.39, 0.29) is 24.2 Å². The van der Waals surface area contributed by atoms with Crippen LogP contribution in [0.5, 0.6) is 0 Å². The molecule has 1 unspecified atom stereocenters. The maximum absolute atomic E-state index is 11.5. The predicted octanol–water partition coefficient (Wildman–Crippen LogP) is 1.86. The maximum atomic E-state index is 11.5. The average Bonchev–Trinajstić information content (AvgIpc) is 2.68. The van der Waals surface area contributed by atoms with Crippen molar-refractivity contribution >= 4 is 27.7 Å². The van der Waals surface area contributed by atoms with Crippen molar-refractivity contribution in [3.63, 3.8) is 0 Å². The third kappa shape index (κ3) is 4.10. The number of aryl methyl sites for hydroxylation is 1. The van der Waals surface area contributed by atoms with Crippen LogP contribution < -0.4 is 5.32 Å². The molecule has 18 heavy (non-hydrogen) atoms. The van der Waals surface area contributed by atoms with Gasteiger partial charge in [0.25, 0.3) is 0 Å². The summed E-state index contributed by atoms with van der Waals surface area (Å²) < 4.78 is 1.70. The van der Waals surface area contributed by atoms with Gasteiger partial charge < -0.3 is 15.4 Å². The number of amides is 1. The second-order valence-corrected chi connectivity index (χ2v) is 4.80. The van der Waals surface area contributed by atoms with Crippen molar-refractivity contribution in [2.75, 3.05) is 0 Å². The molecule has 1 atom stereocenters. The lowest BCUT2D eigenvalue weighted by Crippen LogP contribution is -2.32. The summed E-state index contributed by atoms with van der Waals surface area (Å²) in [5, 5.41) is 17.2. The van der Waals surface area contributed by atoms with Crippen LogP contribution in [0.2, 0.25) is 0 Å². The van der Waals surface area contributed by atoms with Crippen molar-refractivity contribution in [3.05, 3.63) is 20.8 Å². The molecule has 0 saturated carbocycles. The van der Waals surface area contributed by atoms with Gasteiger partial charge in [-0.25, -0.2) is 0 Å². The molecule has 7 nitrogen and oxygen atoms in total. The minimum absolute atomic E-state index is 0.0846. The van der Waals surface area contributed by atoms with E-state index < -0.39 is 4.92 Å². The number of hydrogen-bond donors (Lipinski definition) is 1. The van der Waals surface area contributed by atoms with E-state index in [1.807, 2.05) is 13.8 Å². The summed E-state index contributed by atoms with van der Waals surface area (Å²) in [5.41, 5.74) is 0. The molecule has 0 spiro atoms. The van der Waals surface area contributed by atoms with E-state index in [0.29, 0.717) is 11.0 Å². The summed E-state index contributed by atoms with van der Waals surface area (Å²) in [6.45, 7) is 4.22. The van der Waals surface area contributed by atoms with E-state index in [0.717, 1.165) is 6.42 Å². The Morgan fingerprint density at radius 2 is 2.39 bits per heavy atom. The topological polar surface area (TPSA) is 90.1 Å². The molecule has 1 aromatic heterocycles. The molecule has 1 rings (SSSR count). The molecular weight excluding hydrogens is 304 g/mol. The Kier molecular flexibility index (Phi) is 5.26. The lowest BCUT2D eigenvalue weighted by Gasteiger charge is -2.10. The summed E-state index contributed by atoms with van der Waals surface area (Å²) in [6, 6.07) is 0.135. The zero-order valence-corrected chi connectivity index (χ0v) is 11.8. The summed E-state index contributed by atoms with van der Waals surface area (Å²) in [7, 11) is 0. The fraction of sp³-hybridized carbons (Fsp3) is 0.600. The highest BCUT2D eigenvalue weighted by atomic mass is 79.9. The molecule has 0 aliphatic rings. The number of carbonyl (C=O) groups excluding carboxylic acids is 1. The number of nitrogens with zero attached hydrogens (tertiary/aromatic N) is 3. The van der Waals surface area contributed by atoms with E-state index in [4.69, 9.17) is 0 Å². The quantitative estimate of drug-likeness (QED) is 0.640. The molecule has 0 aliphatic carbocycles. The second-order valence-electron chi connectivity index (χ2n) is 3.95. The first-order chi connectivity index (χ1) is 8.43. The van der Waals surface area contributed by atoms with Crippen LogP contribution in [-0.2, 0) is 11.3 Å². The van der Waals surface area contributed by atoms with Crippen LogP contribution in [0.1, 0.15) is 26.7 Å². The first-order valence-corrected chi connectivity index (χ1v) is 6.40. The summed E-state index contributed by atoms with van der Waals surface area (Å²) in [5.74, 6) is -0.323. The molecule has 1 N–H and O–H groups in total. The van der Waals surface area contributed by atoms with Crippen molar-refractivity contribution in [1.29, 1.82) is 0 Å². The van der Waals surface area contributed by atoms with Crippen molar-refractivity contribution < 1.29 is 9.72 Å². The van der Waals surface area contributed by atoms with E-state index in [9.17, 15) is 14.9 Å². The van der Waals surface area contributed by atoms with Crippen LogP contribution in [0.25, 0.3) is 0 Å². The Morgan fingerprint density at radius 3 is 2.89 bits per heavy atom. The highest BCUT2D eigenvalue weighted by Crippen LogP contribution is 2.21. The van der Waals surface area contributed by atoms with Crippen LogP contribution in [-0.4, -0.2) is 26.7 Å². The van der Waals surface area contributed by atoms with Crippen molar-refractivity contribution in [1.82, 2.24) is 15.1 Å². The molecule has 8 heteroatoms. The number of nitrogens with one attached hydrogen (secondary N) is 1. The zero-order valence-electron chi connectivity index (χ0n) is 10.2. The minimum Gasteiger partial charge on any atom is -0.358 e. The number of halogens is 1. The van der Waals surface area contributed by atoms with Gasteiger partial charge in [-0.05, 0) is 34.2 Å². The minimum atomic E-state index is -0.570. The second kappa shape index (κ2) is 6.48. The number of nitro groups is 1. The molecule has 0 radical (unpaired) electrons. The molecular formula is C10H15BrN4O3. The predicted molar refractivity (Wildman–Crippen MR) is 69.1 cm³/mol. The van der Waals surface area contributed by atoms with Gasteiger partial charge in [-0.3, -0.25) is 4.79 Å². The van der Waals surface area contributed by atoms with Crippen LogP contribution in [0.3, 0.4) is 0 Å². The lowest BCUT2D eigenvalue weighted by atomic mass is 10.2. The lowest BCUT2D eigenvalue weighted by molar-refractivity contribution is -0.390. The Bertz CT molecular complexity index is 446. The zero-order chi connectivity index (χ0) is 13.7. The van der Waals surface area contributed by atoms with Gasteiger partial charge in [-0.15, -0.1) is 0 Å². The van der Waals surface area contributed by atoms with E-state index >= 15 is 0 Å². The highest BCUT2D eigenvalue weighted by molar-refractivity contribution is 9.10. The van der Waals surface area contributed by atoms with Gasteiger partial charge in [0.2, 0.25) is 5.91 Å². The standard InChI is InChI=1S/C10H15BrN4O3/c1-3-7(2)12-9(16)4-5-14-6-8(11)10(13-14)15(17)18/h6-7H,3-5H2,1-2H3,(H,12,16). The van der Waals surface area contributed by atoms with Crippen LogP contribution in [0.15, 0.2) is 10.7 Å². The van der Waals surface area contributed by atoms with Gasteiger partial charge in [0, 0.05) is 12.5 Å². The average molecular weight is 319 g/mol. The summed E-state index contributed by atoms with van der Waals surface area (Å²) in [6.07, 6.45) is 2.61. The van der Waals surface area contributed by atoms with Crippen LogP contribution in [0, 0.1) is 10.1 Å². The third-order valence-electron chi connectivity index (χ3n) is 2.46. The Labute approximate surface area is 113 Å². The Balaban J connectivity index is 2.51. The van der Waals surface area contributed by atoms with Gasteiger partial charge in [0.15, 0.2) is 0 Å². The molecule has 0 aromatic carbocycles. The van der Waals surface area contributed by atoms with Crippen molar-refractivity contribution in [2.24, 2.45) is 0 Å². The SMILES string of the molecule is CCC(C)NC(=O)CCn1cc(Br)c([N+](=O)[O-])n1. The Morgan fingerprint density at radius 1 is 1.72 bits per heavy atom. The molecule has 1 amide bonds. The normalized spacial score (nSPS) is 12.2. The Hall–Kier alpha value is -1.44. The molecule has 0 saturated heterocycles. The fourth-order valence-corrected chi connectivity index (χ4v) is 1.75. The van der Waals surface area contributed by atoms with Crippen LogP contribution in [0.4, 0.5) is 5.82 Å². The van der Waals surface area contributed by atoms with E-state index in [2.05, 4.69) is 26.3 Å². The van der Waals surface area contributed by atoms with Gasteiger partial charge in [-0.2, -0.15) is 4.68 Å². The smallest absolute Gasteiger partial charge is 0.358 e. The number of hydrogen-bond acceptors (Lipinski definition) is 4. The molecule has 1 heterocycles. The monoisotopic (exact) mass is 318 g/mol. The van der Waals surface area contributed by atoms with Crippen molar-refractivity contribution in [2.45, 2.75) is 39.3 Å². The molecule has 100 valence electrons. The van der Waals surface area contributed by atoms with Crippen molar-refractivity contribution in [3.8, 4) is 0 Å². The third-order valence-corrected chi connectivity index (χ3v) is 3.02. The molecule has 0 fully saturated rings. The molecule has 0 aliphatic heterocycles. The summed E-state index contributed by atoms with van der Waals surface area (Å²) >= 11 is 3.05. The number of carbonyl (C=O) groups is 1. The van der Waals surface area contributed by atoms with Gasteiger partial charge in [-0.1, -0.05) is 6.92 Å². The maximum Gasteiger partial charge on any atom is 0.404 e. The molecule has 0 bridgehead atoms. The fourth-order valence-electron chi connectivity index (χ4n) is 1.29. The summed E-state index contributed by atoms with van der Waals surface area (Å²) in [4.78, 5) is 21.5. The molecule has 1 aromatic rings. The van der Waals surface area contributed by atoms with E-state index in [1.54, 1.807) is 0 Å². The van der Waals surface area contributed by atoms with Gasteiger partial charge in [0.1, 0.15) is 4.47 Å². The van der Waals surface area contributed by atoms with Gasteiger partial charge >= 0.3 is 5.82 Å². The first-order valence-electron chi connectivity index (χ1n) is 5.60. The van der Waals surface area contributed by atoms with Crippen LogP contribution >= 0.6 is 15.9 Å². The van der Waals surface area contributed by atoms with E-state index in [1.165, 1.54) is 10.9 Å². The number of aromatic nitrogens is 2. The van der Waals surface area contributed by atoms with Gasteiger partial charge in [0.05, 0.1) is 17.8 Å².